The van der Waals surface area contributed by atoms with Crippen LogP contribution in [0.1, 0.15) is 5.82 Å². The fourth-order valence-electron chi connectivity index (χ4n) is 3.24. The zero-order chi connectivity index (χ0) is 20.4. The maximum absolute atomic E-state index is 12.6. The monoisotopic (exact) mass is 415 g/mol. The molecule has 1 aliphatic heterocycles. The highest BCUT2D eigenvalue weighted by Gasteiger charge is 2.22. The van der Waals surface area contributed by atoms with Crippen molar-refractivity contribution in [3.8, 4) is 11.5 Å². The first-order valence-corrected chi connectivity index (χ1v) is 11.2. The molecule has 0 fully saturated rings. The first-order chi connectivity index (χ1) is 13.9. The first kappa shape index (κ1) is 19.3. The minimum Gasteiger partial charge on any atom is -0.486 e. The molecule has 1 unspecified atom stereocenters. The second-order valence-electron chi connectivity index (χ2n) is 6.97. The Bertz CT molecular complexity index is 1160. The first-order valence-electron chi connectivity index (χ1n) is 9.16. The fraction of sp³-hybridized carbons (Fsp3) is 0.300. The summed E-state index contributed by atoms with van der Waals surface area (Å²) in [5, 5.41) is 2.83. The van der Waals surface area contributed by atoms with Crippen molar-refractivity contribution in [2.24, 2.45) is 0 Å². The van der Waals surface area contributed by atoms with Crippen LogP contribution in [-0.2, 0) is 26.9 Å². The predicted octanol–water partition coefficient (Wildman–Crippen LogP) is 1.54. The van der Waals surface area contributed by atoms with E-state index >= 15 is 0 Å². The fourth-order valence-corrected chi connectivity index (χ4v) is 3.93. The van der Waals surface area contributed by atoms with E-state index in [4.69, 9.17) is 9.47 Å². The third-order valence-electron chi connectivity index (χ3n) is 4.52. The number of hydrogen-bond acceptors (Lipinski definition) is 6. The summed E-state index contributed by atoms with van der Waals surface area (Å²) in [6.45, 7) is 0.585. The molecule has 1 aromatic heterocycles. The number of nitrogens with zero attached hydrogens (tertiary/aromatic N) is 2. The number of imidazole rings is 1. The third kappa shape index (κ3) is 4.51. The lowest BCUT2D eigenvalue weighted by molar-refractivity contribution is -0.122. The van der Waals surface area contributed by atoms with Crippen LogP contribution in [0, 0.1) is 0 Å². The Balaban J connectivity index is 1.45. The summed E-state index contributed by atoms with van der Waals surface area (Å²) < 4.78 is 36.7. The summed E-state index contributed by atoms with van der Waals surface area (Å²) in [6.07, 6.45) is 0.846. The van der Waals surface area contributed by atoms with Crippen LogP contribution >= 0.6 is 0 Å². The SMILES string of the molecule is CS(=O)(=O)Cc1nc2ccccc2n1CC(=O)NCC1COc2ccccc2O1. The van der Waals surface area contributed by atoms with Crippen LogP contribution in [0.4, 0.5) is 0 Å². The van der Waals surface area contributed by atoms with Crippen molar-refractivity contribution >= 4 is 26.8 Å². The van der Waals surface area contributed by atoms with Crippen molar-refractivity contribution in [3.63, 3.8) is 0 Å². The molecule has 0 saturated carbocycles. The lowest BCUT2D eigenvalue weighted by Gasteiger charge is -2.26. The Kier molecular flexibility index (Phi) is 5.14. The Morgan fingerprint density at radius 3 is 2.69 bits per heavy atom. The van der Waals surface area contributed by atoms with Crippen molar-refractivity contribution in [2.75, 3.05) is 19.4 Å². The Morgan fingerprint density at radius 1 is 1.17 bits per heavy atom. The smallest absolute Gasteiger partial charge is 0.240 e. The number of sulfone groups is 1. The van der Waals surface area contributed by atoms with E-state index in [2.05, 4.69) is 10.3 Å². The van der Waals surface area contributed by atoms with E-state index in [-0.39, 0.29) is 30.9 Å². The van der Waals surface area contributed by atoms with E-state index in [1.54, 1.807) is 10.6 Å². The molecular formula is C20H21N3O5S. The van der Waals surface area contributed by atoms with Gasteiger partial charge in [-0.05, 0) is 24.3 Å². The van der Waals surface area contributed by atoms with Gasteiger partial charge in [0.2, 0.25) is 5.91 Å². The van der Waals surface area contributed by atoms with Gasteiger partial charge < -0.3 is 19.4 Å². The number of nitrogens with one attached hydrogen (secondary N) is 1. The molecule has 1 N–H and O–H groups in total. The highest BCUT2D eigenvalue weighted by Crippen LogP contribution is 2.30. The topological polar surface area (TPSA) is 99.5 Å². The second-order valence-corrected chi connectivity index (χ2v) is 9.11. The average Bonchev–Trinajstić information content (AvgIpc) is 3.01. The summed E-state index contributed by atoms with van der Waals surface area (Å²) >= 11 is 0. The predicted molar refractivity (Wildman–Crippen MR) is 108 cm³/mol. The van der Waals surface area contributed by atoms with Gasteiger partial charge in [0.25, 0.3) is 0 Å². The van der Waals surface area contributed by atoms with Crippen molar-refractivity contribution in [2.45, 2.75) is 18.4 Å². The molecule has 1 atom stereocenters. The van der Waals surface area contributed by atoms with E-state index in [1.807, 2.05) is 42.5 Å². The zero-order valence-electron chi connectivity index (χ0n) is 15.9. The quantitative estimate of drug-likeness (QED) is 0.656. The van der Waals surface area contributed by atoms with Gasteiger partial charge in [0.05, 0.1) is 17.6 Å². The summed E-state index contributed by atoms with van der Waals surface area (Å²) in [7, 11) is -3.29. The molecular weight excluding hydrogens is 394 g/mol. The Morgan fingerprint density at radius 2 is 1.90 bits per heavy atom. The average molecular weight is 415 g/mol. The number of para-hydroxylation sites is 4. The van der Waals surface area contributed by atoms with Gasteiger partial charge in [-0.25, -0.2) is 13.4 Å². The number of amides is 1. The van der Waals surface area contributed by atoms with Crippen LogP contribution in [0.5, 0.6) is 11.5 Å². The zero-order valence-corrected chi connectivity index (χ0v) is 16.7. The van der Waals surface area contributed by atoms with Crippen LogP contribution in [0.25, 0.3) is 11.0 Å². The van der Waals surface area contributed by atoms with Gasteiger partial charge in [-0.2, -0.15) is 0 Å². The molecule has 0 bridgehead atoms. The minimum atomic E-state index is -3.29. The van der Waals surface area contributed by atoms with Crippen LogP contribution in [0.15, 0.2) is 48.5 Å². The number of carbonyl (C=O) groups is 1. The summed E-state index contributed by atoms with van der Waals surface area (Å²) in [4.78, 5) is 16.9. The largest absolute Gasteiger partial charge is 0.486 e. The molecule has 0 spiro atoms. The van der Waals surface area contributed by atoms with Gasteiger partial charge in [-0.1, -0.05) is 24.3 Å². The van der Waals surface area contributed by atoms with E-state index < -0.39 is 9.84 Å². The Hall–Kier alpha value is -3.07. The molecule has 2 aromatic carbocycles. The molecule has 1 aliphatic rings. The van der Waals surface area contributed by atoms with Crippen molar-refractivity contribution < 1.29 is 22.7 Å². The summed E-state index contributed by atoms with van der Waals surface area (Å²) in [5.41, 5.74) is 1.37. The standard InChI is InChI=1S/C20H21N3O5S/c1-29(25,26)13-19-22-15-6-2-3-7-16(15)23(19)11-20(24)21-10-14-12-27-17-8-4-5-9-18(17)28-14/h2-9,14H,10-13H2,1H3,(H,21,24). The summed E-state index contributed by atoms with van der Waals surface area (Å²) in [5.74, 6) is 1.19. The molecule has 0 aliphatic carbocycles. The minimum absolute atomic E-state index is 0.0322. The van der Waals surface area contributed by atoms with Crippen molar-refractivity contribution in [3.05, 3.63) is 54.4 Å². The maximum Gasteiger partial charge on any atom is 0.240 e. The number of benzene rings is 2. The van der Waals surface area contributed by atoms with Gasteiger partial charge in [-0.3, -0.25) is 4.79 Å². The lowest BCUT2D eigenvalue weighted by Crippen LogP contribution is -2.41. The van der Waals surface area contributed by atoms with Crippen molar-refractivity contribution in [1.29, 1.82) is 0 Å². The second kappa shape index (κ2) is 7.75. The molecule has 152 valence electrons. The van der Waals surface area contributed by atoms with E-state index in [0.717, 1.165) is 6.26 Å². The van der Waals surface area contributed by atoms with Crippen LogP contribution in [-0.4, -0.2) is 49.4 Å². The number of fused-ring (bicyclic) bond motifs is 2. The molecule has 8 nitrogen and oxygen atoms in total. The normalized spacial score (nSPS) is 16.0. The molecule has 3 aromatic rings. The van der Waals surface area contributed by atoms with E-state index in [9.17, 15) is 13.2 Å². The van der Waals surface area contributed by atoms with Gasteiger partial charge in [-0.15, -0.1) is 0 Å². The van der Waals surface area contributed by atoms with Gasteiger partial charge in [0.15, 0.2) is 21.3 Å². The third-order valence-corrected chi connectivity index (χ3v) is 5.30. The molecule has 0 radical (unpaired) electrons. The molecule has 4 rings (SSSR count). The molecule has 0 saturated heterocycles. The summed E-state index contributed by atoms with van der Waals surface area (Å²) in [6, 6.07) is 14.6. The number of rotatable bonds is 6. The van der Waals surface area contributed by atoms with Crippen molar-refractivity contribution in [1.82, 2.24) is 14.9 Å². The molecule has 29 heavy (non-hydrogen) atoms. The van der Waals surface area contributed by atoms with Crippen LogP contribution < -0.4 is 14.8 Å². The van der Waals surface area contributed by atoms with Gasteiger partial charge in [0.1, 0.15) is 30.8 Å². The number of ether oxygens (including phenoxy) is 2. The highest BCUT2D eigenvalue weighted by molar-refractivity contribution is 7.89. The van der Waals surface area contributed by atoms with Crippen LogP contribution in [0.3, 0.4) is 0 Å². The molecule has 2 heterocycles. The van der Waals surface area contributed by atoms with Crippen LogP contribution in [0.2, 0.25) is 0 Å². The lowest BCUT2D eigenvalue weighted by atomic mass is 10.2. The molecule has 9 heteroatoms. The number of aromatic nitrogens is 2. The Labute approximate surface area is 168 Å². The maximum atomic E-state index is 12.6. The number of carbonyl (C=O) groups excluding carboxylic acids is 1. The van der Waals surface area contributed by atoms with E-state index in [1.165, 1.54) is 0 Å². The van der Waals surface area contributed by atoms with Gasteiger partial charge in [0, 0.05) is 6.26 Å². The highest BCUT2D eigenvalue weighted by atomic mass is 32.2. The van der Waals surface area contributed by atoms with Gasteiger partial charge >= 0.3 is 0 Å². The number of hydrogen-bond donors (Lipinski definition) is 1. The van der Waals surface area contributed by atoms with E-state index in [0.29, 0.717) is 35.0 Å². The molecule has 1 amide bonds.